The molecule has 1 atom stereocenters. The van der Waals surface area contributed by atoms with Crippen LogP contribution >= 0.6 is 12.4 Å². The number of carbonyl (C=O) groups is 1. The highest BCUT2D eigenvalue weighted by Crippen LogP contribution is 2.23. The van der Waals surface area contributed by atoms with Gasteiger partial charge < -0.3 is 15.6 Å². The van der Waals surface area contributed by atoms with Crippen LogP contribution in [0.5, 0.6) is 0 Å². The van der Waals surface area contributed by atoms with Gasteiger partial charge in [0.15, 0.2) is 5.82 Å². The summed E-state index contributed by atoms with van der Waals surface area (Å²) in [5.41, 5.74) is 4.10. The molecule has 3 N–H and O–H groups in total. The van der Waals surface area contributed by atoms with Crippen molar-refractivity contribution in [2.75, 3.05) is 25.0 Å². The Kier molecular flexibility index (Phi) is 9.37. The molecule has 0 aliphatic carbocycles. The van der Waals surface area contributed by atoms with Gasteiger partial charge >= 0.3 is 0 Å². The van der Waals surface area contributed by atoms with E-state index in [0.29, 0.717) is 17.4 Å². The lowest BCUT2D eigenvalue weighted by atomic mass is 9.93. The Balaban J connectivity index is 0.00000337. The number of imidazole rings is 1. The molecule has 2 fully saturated rings. The highest BCUT2D eigenvalue weighted by Gasteiger charge is 2.21. The summed E-state index contributed by atoms with van der Waals surface area (Å²) in [5, 5.41) is 11.2. The average Bonchev–Trinajstić information content (AvgIpc) is 3.67. The summed E-state index contributed by atoms with van der Waals surface area (Å²) in [7, 11) is 0. The van der Waals surface area contributed by atoms with E-state index in [1.54, 1.807) is 0 Å². The van der Waals surface area contributed by atoms with Gasteiger partial charge in [-0.2, -0.15) is 5.10 Å². The van der Waals surface area contributed by atoms with Crippen LogP contribution in [0.1, 0.15) is 67.5 Å². The van der Waals surface area contributed by atoms with Crippen molar-refractivity contribution in [3.63, 3.8) is 0 Å². The molecular formula is C31H41ClN8O. The molecular weight excluding hydrogens is 536 g/mol. The molecule has 0 bridgehead atoms. The van der Waals surface area contributed by atoms with Gasteiger partial charge in [-0.25, -0.2) is 14.6 Å². The number of aryl methyl sites for hydroxylation is 2. The fourth-order valence-corrected chi connectivity index (χ4v) is 6.06. The highest BCUT2D eigenvalue weighted by atomic mass is 35.5. The van der Waals surface area contributed by atoms with Gasteiger partial charge in [0, 0.05) is 29.4 Å². The van der Waals surface area contributed by atoms with E-state index >= 15 is 0 Å². The summed E-state index contributed by atoms with van der Waals surface area (Å²) >= 11 is 0. The topological polar surface area (TPSA) is 104 Å². The zero-order chi connectivity index (χ0) is 27.5. The number of hydrogen-bond donors (Lipinski definition) is 3. The van der Waals surface area contributed by atoms with Crippen LogP contribution in [0.25, 0.3) is 22.4 Å². The van der Waals surface area contributed by atoms with Crippen molar-refractivity contribution >= 4 is 35.0 Å². The van der Waals surface area contributed by atoms with Crippen LogP contribution in [-0.4, -0.2) is 61.2 Å². The maximum absolute atomic E-state index is 13.0. The molecule has 2 aliphatic rings. The van der Waals surface area contributed by atoms with E-state index < -0.39 is 0 Å². The number of anilines is 1. The monoisotopic (exact) mass is 576 g/mol. The second-order valence-electron chi connectivity index (χ2n) is 11.4. The van der Waals surface area contributed by atoms with E-state index in [4.69, 9.17) is 10.1 Å². The van der Waals surface area contributed by atoms with Crippen molar-refractivity contribution < 1.29 is 4.79 Å². The summed E-state index contributed by atoms with van der Waals surface area (Å²) in [6.45, 7) is 9.41. The first-order chi connectivity index (χ1) is 19.5. The summed E-state index contributed by atoms with van der Waals surface area (Å²) in [4.78, 5) is 28.3. The maximum atomic E-state index is 13.0. The SMILES string of the molecule is Cc1nc(-c2ccc(C(=O)Nc3ccc4nc(CN5CCC[C@@H]5C)[nH]c4c3)cc2)nn1CCCC1CCNCC1.Cl. The zero-order valence-electron chi connectivity index (χ0n) is 24.0. The molecule has 41 heavy (non-hydrogen) atoms. The molecule has 0 spiro atoms. The minimum Gasteiger partial charge on any atom is -0.341 e. The number of likely N-dealkylation sites (tertiary alicyclic amines) is 1. The van der Waals surface area contributed by atoms with Crippen LogP contribution in [0, 0.1) is 12.8 Å². The zero-order valence-corrected chi connectivity index (χ0v) is 24.8. The quantitative estimate of drug-likeness (QED) is 0.241. The molecule has 2 aromatic heterocycles. The van der Waals surface area contributed by atoms with Crippen molar-refractivity contribution in [3.05, 3.63) is 59.7 Å². The van der Waals surface area contributed by atoms with E-state index in [2.05, 4.69) is 32.4 Å². The van der Waals surface area contributed by atoms with Crippen LogP contribution in [0.2, 0.25) is 0 Å². The molecule has 0 radical (unpaired) electrons. The van der Waals surface area contributed by atoms with Crippen LogP contribution in [0.15, 0.2) is 42.5 Å². The van der Waals surface area contributed by atoms with Crippen molar-refractivity contribution in [1.29, 1.82) is 0 Å². The van der Waals surface area contributed by atoms with Crippen molar-refractivity contribution in [3.8, 4) is 11.4 Å². The Bertz CT molecular complexity index is 1460. The second-order valence-corrected chi connectivity index (χ2v) is 11.4. The lowest BCUT2D eigenvalue weighted by Gasteiger charge is -2.22. The Hall–Kier alpha value is -3.27. The number of nitrogens with one attached hydrogen (secondary N) is 3. The first kappa shape index (κ1) is 29.2. The predicted molar refractivity (Wildman–Crippen MR) is 165 cm³/mol. The van der Waals surface area contributed by atoms with Crippen LogP contribution in [0.4, 0.5) is 5.69 Å². The minimum atomic E-state index is -0.149. The van der Waals surface area contributed by atoms with Gasteiger partial charge in [-0.05, 0) is 108 Å². The molecule has 1 amide bonds. The summed E-state index contributed by atoms with van der Waals surface area (Å²) in [6.07, 6.45) is 7.41. The molecule has 6 rings (SSSR count). The van der Waals surface area contributed by atoms with Gasteiger partial charge in [0.25, 0.3) is 5.91 Å². The number of amides is 1. The normalized spacial score (nSPS) is 18.0. The molecule has 4 heterocycles. The molecule has 9 nitrogen and oxygen atoms in total. The van der Waals surface area contributed by atoms with Crippen molar-refractivity contribution in [1.82, 2.24) is 34.9 Å². The first-order valence-electron chi connectivity index (χ1n) is 14.8. The Morgan fingerprint density at radius 1 is 1.07 bits per heavy atom. The Morgan fingerprint density at radius 3 is 2.63 bits per heavy atom. The van der Waals surface area contributed by atoms with Crippen molar-refractivity contribution in [2.45, 2.75) is 71.5 Å². The van der Waals surface area contributed by atoms with Gasteiger partial charge in [-0.1, -0.05) is 12.1 Å². The molecule has 2 aromatic carbocycles. The lowest BCUT2D eigenvalue weighted by Crippen LogP contribution is -2.27. The van der Waals surface area contributed by atoms with Gasteiger partial charge in [-0.15, -0.1) is 12.4 Å². The van der Waals surface area contributed by atoms with E-state index in [1.165, 1.54) is 32.1 Å². The number of rotatable bonds is 9. The third-order valence-electron chi connectivity index (χ3n) is 8.54. The predicted octanol–water partition coefficient (Wildman–Crippen LogP) is 5.57. The molecule has 10 heteroatoms. The van der Waals surface area contributed by atoms with E-state index in [-0.39, 0.29) is 18.3 Å². The number of aromatic amines is 1. The summed E-state index contributed by atoms with van der Waals surface area (Å²) in [6, 6.07) is 13.9. The lowest BCUT2D eigenvalue weighted by molar-refractivity contribution is 0.102. The average molecular weight is 577 g/mol. The number of H-pyrrole nitrogens is 1. The fraction of sp³-hybridized carbons (Fsp3) is 0.484. The van der Waals surface area contributed by atoms with Gasteiger partial charge in [0.1, 0.15) is 11.6 Å². The molecule has 0 unspecified atom stereocenters. The Morgan fingerprint density at radius 2 is 1.88 bits per heavy atom. The molecule has 2 saturated heterocycles. The second kappa shape index (κ2) is 13.1. The summed E-state index contributed by atoms with van der Waals surface area (Å²) < 4.78 is 2.01. The standard InChI is InChI=1S/C31H40N8O.ClH/c1-21-5-3-17-38(21)20-29-35-27-12-11-26(19-28(27)36-29)34-31(40)25-9-7-24(8-10-25)30-33-22(2)39(37-30)18-4-6-23-13-15-32-16-14-23;/h7-12,19,21,23,32H,3-6,13-18,20H2,1-2H3,(H,34,40)(H,35,36);1H/t21-;/m0./s1. The molecule has 218 valence electrons. The van der Waals surface area contributed by atoms with E-state index in [9.17, 15) is 4.79 Å². The van der Waals surface area contributed by atoms with Gasteiger partial charge in [0.2, 0.25) is 0 Å². The third kappa shape index (κ3) is 6.97. The molecule has 0 saturated carbocycles. The third-order valence-corrected chi connectivity index (χ3v) is 8.54. The van der Waals surface area contributed by atoms with E-state index in [0.717, 1.165) is 79.0 Å². The highest BCUT2D eigenvalue weighted by molar-refractivity contribution is 6.05. The van der Waals surface area contributed by atoms with Gasteiger partial charge in [0.05, 0.1) is 17.6 Å². The first-order valence-corrected chi connectivity index (χ1v) is 14.8. The summed E-state index contributed by atoms with van der Waals surface area (Å²) in [5.74, 6) is 3.27. The minimum absolute atomic E-state index is 0. The maximum Gasteiger partial charge on any atom is 0.255 e. The number of benzene rings is 2. The van der Waals surface area contributed by atoms with Crippen LogP contribution < -0.4 is 10.6 Å². The number of fused-ring (bicyclic) bond motifs is 1. The van der Waals surface area contributed by atoms with E-state index in [1.807, 2.05) is 54.1 Å². The Labute approximate surface area is 247 Å². The van der Waals surface area contributed by atoms with Gasteiger partial charge in [-0.3, -0.25) is 9.69 Å². The fourth-order valence-electron chi connectivity index (χ4n) is 6.06. The molecule has 2 aliphatic heterocycles. The van der Waals surface area contributed by atoms with Crippen LogP contribution in [-0.2, 0) is 13.1 Å². The smallest absolute Gasteiger partial charge is 0.255 e. The number of aromatic nitrogens is 5. The largest absolute Gasteiger partial charge is 0.341 e. The van der Waals surface area contributed by atoms with Crippen LogP contribution in [0.3, 0.4) is 0 Å². The van der Waals surface area contributed by atoms with Crippen molar-refractivity contribution in [2.24, 2.45) is 5.92 Å². The molecule has 4 aromatic rings. The number of carbonyl (C=O) groups excluding carboxylic acids is 1. The number of piperidine rings is 1. The number of halogens is 1. The number of hydrogen-bond acceptors (Lipinski definition) is 6. The number of nitrogens with zero attached hydrogens (tertiary/aromatic N) is 5.